The van der Waals surface area contributed by atoms with E-state index in [1.807, 2.05) is 24.4 Å². The maximum Gasteiger partial charge on any atom is 0.156 e. The molecule has 0 atom stereocenters. The largest absolute Gasteiger partial charge is 0.221 e. The summed E-state index contributed by atoms with van der Waals surface area (Å²) in [5.74, 6) is 0.442. The normalized spacial score (nSPS) is 11.0. The highest BCUT2D eigenvalue weighted by molar-refractivity contribution is 9.10. The van der Waals surface area contributed by atoms with Gasteiger partial charge in [0.05, 0.1) is 0 Å². The van der Waals surface area contributed by atoms with Crippen LogP contribution < -0.4 is 0 Å². The van der Waals surface area contributed by atoms with Crippen LogP contribution in [0, 0.1) is 5.82 Å². The summed E-state index contributed by atoms with van der Waals surface area (Å²) in [5.41, 5.74) is 1.64. The molecule has 0 aliphatic heterocycles. The highest BCUT2D eigenvalue weighted by Crippen LogP contribution is 2.13. The lowest BCUT2D eigenvalue weighted by Gasteiger charge is -1.96. The number of aromatic nitrogens is 3. The second-order valence-electron chi connectivity index (χ2n) is 3.98. The monoisotopic (exact) mass is 305 g/mol. The van der Waals surface area contributed by atoms with Crippen LogP contribution in [0.25, 0.3) is 5.65 Å². The third-order valence-electron chi connectivity index (χ3n) is 2.59. The maximum absolute atomic E-state index is 13.1. The zero-order valence-electron chi connectivity index (χ0n) is 9.35. The van der Waals surface area contributed by atoms with Crippen LogP contribution in [0.15, 0.2) is 47.1 Å². The Bertz CT molecular complexity index is 708. The van der Waals surface area contributed by atoms with Crippen LogP contribution in [0.4, 0.5) is 4.39 Å². The van der Waals surface area contributed by atoms with Gasteiger partial charge in [0.15, 0.2) is 11.5 Å². The molecule has 18 heavy (non-hydrogen) atoms. The summed E-state index contributed by atoms with van der Waals surface area (Å²) in [6.45, 7) is 0. The molecule has 2 aromatic heterocycles. The Labute approximate surface area is 111 Å². The topological polar surface area (TPSA) is 30.2 Å². The molecule has 0 saturated heterocycles. The van der Waals surface area contributed by atoms with E-state index in [1.54, 1.807) is 10.6 Å². The van der Waals surface area contributed by atoms with Crippen LogP contribution in [0.5, 0.6) is 0 Å². The second-order valence-corrected chi connectivity index (χ2v) is 4.90. The van der Waals surface area contributed by atoms with Crippen molar-refractivity contribution in [2.45, 2.75) is 6.42 Å². The van der Waals surface area contributed by atoms with E-state index in [1.165, 1.54) is 12.1 Å². The maximum atomic E-state index is 13.1. The average Bonchev–Trinajstić information content (AvgIpc) is 2.70. The number of hydrogen-bond donors (Lipinski definition) is 0. The molecule has 0 aliphatic carbocycles. The Morgan fingerprint density at radius 3 is 2.94 bits per heavy atom. The van der Waals surface area contributed by atoms with Crippen molar-refractivity contribution >= 4 is 21.6 Å². The van der Waals surface area contributed by atoms with E-state index in [4.69, 9.17) is 0 Å². The Balaban J connectivity index is 1.95. The Hall–Kier alpha value is -1.75. The molecule has 0 unspecified atom stereocenters. The van der Waals surface area contributed by atoms with E-state index in [2.05, 4.69) is 26.0 Å². The van der Waals surface area contributed by atoms with Gasteiger partial charge in [0, 0.05) is 17.1 Å². The molecule has 3 aromatic rings. The van der Waals surface area contributed by atoms with E-state index < -0.39 is 0 Å². The van der Waals surface area contributed by atoms with Crippen molar-refractivity contribution < 1.29 is 4.39 Å². The quantitative estimate of drug-likeness (QED) is 0.727. The smallest absolute Gasteiger partial charge is 0.156 e. The van der Waals surface area contributed by atoms with Gasteiger partial charge in [0.25, 0.3) is 0 Å². The van der Waals surface area contributed by atoms with E-state index in [0.29, 0.717) is 12.2 Å². The lowest BCUT2D eigenvalue weighted by molar-refractivity contribution is 0.625. The van der Waals surface area contributed by atoms with Gasteiger partial charge in [-0.3, -0.25) is 0 Å². The predicted molar refractivity (Wildman–Crippen MR) is 69.9 cm³/mol. The van der Waals surface area contributed by atoms with Crippen molar-refractivity contribution in [3.05, 3.63) is 64.3 Å². The highest BCUT2D eigenvalue weighted by Gasteiger charge is 2.05. The van der Waals surface area contributed by atoms with Gasteiger partial charge in [-0.05, 0) is 29.8 Å². The highest BCUT2D eigenvalue weighted by atomic mass is 79.9. The molecule has 90 valence electrons. The fourth-order valence-electron chi connectivity index (χ4n) is 1.81. The van der Waals surface area contributed by atoms with E-state index >= 15 is 0 Å². The average molecular weight is 306 g/mol. The summed E-state index contributed by atoms with van der Waals surface area (Å²) in [6, 6.07) is 10.3. The molecule has 0 amide bonds. The van der Waals surface area contributed by atoms with Gasteiger partial charge in [0.2, 0.25) is 0 Å². The first-order chi connectivity index (χ1) is 8.70. The summed E-state index contributed by atoms with van der Waals surface area (Å²) in [7, 11) is 0. The van der Waals surface area contributed by atoms with E-state index in [9.17, 15) is 4.39 Å². The van der Waals surface area contributed by atoms with Crippen molar-refractivity contribution in [3.8, 4) is 0 Å². The molecule has 0 N–H and O–H groups in total. The minimum absolute atomic E-state index is 0.237. The molecular formula is C13H9BrFN3. The number of benzene rings is 1. The van der Waals surface area contributed by atoms with Crippen molar-refractivity contribution in [1.29, 1.82) is 0 Å². The van der Waals surface area contributed by atoms with Crippen LogP contribution in [-0.4, -0.2) is 14.6 Å². The third kappa shape index (κ3) is 2.26. The van der Waals surface area contributed by atoms with Gasteiger partial charge >= 0.3 is 0 Å². The molecule has 1 aromatic carbocycles. The number of nitrogens with zero attached hydrogens (tertiary/aromatic N) is 3. The van der Waals surface area contributed by atoms with Gasteiger partial charge in [0.1, 0.15) is 5.82 Å². The lowest BCUT2D eigenvalue weighted by Crippen LogP contribution is -1.92. The molecule has 0 spiro atoms. The molecule has 0 fully saturated rings. The summed E-state index contributed by atoms with van der Waals surface area (Å²) >= 11 is 3.39. The van der Waals surface area contributed by atoms with Crippen LogP contribution in [0.3, 0.4) is 0 Å². The summed E-state index contributed by atoms with van der Waals surface area (Å²) in [6.07, 6.45) is 2.36. The van der Waals surface area contributed by atoms with Gasteiger partial charge < -0.3 is 0 Å². The van der Waals surface area contributed by atoms with Gasteiger partial charge in [-0.15, -0.1) is 0 Å². The number of hydrogen-bond acceptors (Lipinski definition) is 2. The number of rotatable bonds is 2. The fourth-order valence-corrected chi connectivity index (χ4v) is 2.13. The lowest BCUT2D eigenvalue weighted by atomic mass is 10.1. The molecule has 0 radical (unpaired) electrons. The first-order valence-electron chi connectivity index (χ1n) is 5.46. The molecule has 2 heterocycles. The first-order valence-corrected chi connectivity index (χ1v) is 6.25. The summed E-state index contributed by atoms with van der Waals surface area (Å²) in [5, 5.41) is 4.34. The number of fused-ring (bicyclic) bond motifs is 1. The van der Waals surface area contributed by atoms with Gasteiger partial charge in [-0.25, -0.2) is 13.9 Å². The van der Waals surface area contributed by atoms with Gasteiger partial charge in [-0.2, -0.15) is 5.10 Å². The Kier molecular flexibility index (Phi) is 2.83. The molecule has 0 aliphatic rings. The predicted octanol–water partition coefficient (Wildman–Crippen LogP) is 3.22. The number of pyridine rings is 1. The van der Waals surface area contributed by atoms with E-state index in [-0.39, 0.29) is 5.82 Å². The Morgan fingerprint density at radius 1 is 1.22 bits per heavy atom. The van der Waals surface area contributed by atoms with E-state index in [0.717, 1.165) is 15.7 Å². The van der Waals surface area contributed by atoms with Crippen molar-refractivity contribution in [1.82, 2.24) is 14.6 Å². The molecule has 0 saturated carbocycles. The van der Waals surface area contributed by atoms with Crippen LogP contribution in [-0.2, 0) is 6.42 Å². The molecular weight excluding hydrogens is 297 g/mol. The SMILES string of the molecule is Fc1cccc(Cc2nc3cc(Br)ccn3n2)c1. The van der Waals surface area contributed by atoms with Crippen molar-refractivity contribution in [3.63, 3.8) is 0 Å². The Morgan fingerprint density at radius 2 is 2.11 bits per heavy atom. The zero-order chi connectivity index (χ0) is 12.5. The molecule has 0 bridgehead atoms. The van der Waals surface area contributed by atoms with Crippen LogP contribution >= 0.6 is 15.9 Å². The zero-order valence-corrected chi connectivity index (χ0v) is 10.9. The van der Waals surface area contributed by atoms with Crippen molar-refractivity contribution in [2.24, 2.45) is 0 Å². The molecule has 3 rings (SSSR count). The van der Waals surface area contributed by atoms with Crippen LogP contribution in [0.2, 0.25) is 0 Å². The summed E-state index contributed by atoms with van der Waals surface area (Å²) in [4.78, 5) is 4.40. The second kappa shape index (κ2) is 4.49. The molecule has 5 heteroatoms. The third-order valence-corrected chi connectivity index (χ3v) is 3.09. The fraction of sp³-hybridized carbons (Fsp3) is 0.0769. The number of halogens is 2. The van der Waals surface area contributed by atoms with Crippen LogP contribution in [0.1, 0.15) is 11.4 Å². The standard InChI is InChI=1S/C13H9BrFN3/c14-10-4-5-18-13(8-10)16-12(17-18)7-9-2-1-3-11(15)6-9/h1-6,8H,7H2. The molecule has 3 nitrogen and oxygen atoms in total. The minimum Gasteiger partial charge on any atom is -0.221 e. The summed E-state index contributed by atoms with van der Waals surface area (Å²) < 4.78 is 15.7. The van der Waals surface area contributed by atoms with Crippen molar-refractivity contribution in [2.75, 3.05) is 0 Å². The minimum atomic E-state index is -0.237. The first kappa shape index (κ1) is 11.3. The van der Waals surface area contributed by atoms with Gasteiger partial charge in [-0.1, -0.05) is 28.1 Å².